The molecular weight excluding hydrogens is 286 g/mol. The fourth-order valence-electron chi connectivity index (χ4n) is 4.07. The first-order chi connectivity index (χ1) is 11.2. The maximum Gasteiger partial charge on any atom is 0.224 e. The Hall–Kier alpha value is -1.87. The van der Waals surface area contributed by atoms with Crippen LogP contribution in [-0.2, 0) is 11.2 Å². The Morgan fingerprint density at radius 2 is 2.04 bits per heavy atom. The molecule has 0 spiro atoms. The summed E-state index contributed by atoms with van der Waals surface area (Å²) in [6.07, 6.45) is 10.4. The highest BCUT2D eigenvalue weighted by Gasteiger charge is 2.46. The minimum absolute atomic E-state index is 0.00558. The number of amides is 1. The van der Waals surface area contributed by atoms with Crippen molar-refractivity contribution in [2.24, 2.45) is 23.7 Å². The quantitative estimate of drug-likeness (QED) is 0.794. The Balaban J connectivity index is 1.66. The van der Waals surface area contributed by atoms with Gasteiger partial charge >= 0.3 is 0 Å². The molecule has 1 aromatic carbocycles. The number of nitrogens with one attached hydrogen (secondary N) is 1. The van der Waals surface area contributed by atoms with Crippen molar-refractivity contribution >= 4 is 5.91 Å². The number of rotatable bonds is 6. The predicted molar refractivity (Wildman–Crippen MR) is 91.7 cm³/mol. The lowest BCUT2D eigenvalue weighted by atomic mass is 9.82. The van der Waals surface area contributed by atoms with Gasteiger partial charge in [-0.1, -0.05) is 54.6 Å². The normalized spacial score (nSPS) is 30.0. The molecule has 1 amide bonds. The summed E-state index contributed by atoms with van der Waals surface area (Å²) in [5, 5.41) is 12.7. The molecule has 0 saturated heterocycles. The number of carbonyl (C=O) groups excluding carboxylic acids is 1. The molecule has 23 heavy (non-hydrogen) atoms. The maximum absolute atomic E-state index is 12.8. The van der Waals surface area contributed by atoms with E-state index in [2.05, 4.69) is 23.5 Å². The van der Waals surface area contributed by atoms with E-state index in [1.807, 2.05) is 43.3 Å². The van der Waals surface area contributed by atoms with Gasteiger partial charge in [-0.05, 0) is 43.1 Å². The zero-order chi connectivity index (χ0) is 16.2. The van der Waals surface area contributed by atoms with Gasteiger partial charge in [-0.2, -0.15) is 0 Å². The van der Waals surface area contributed by atoms with E-state index in [0.29, 0.717) is 24.2 Å². The van der Waals surface area contributed by atoms with E-state index in [1.54, 1.807) is 0 Å². The molecule has 0 aliphatic heterocycles. The number of hydrogen-bond acceptors (Lipinski definition) is 2. The van der Waals surface area contributed by atoms with Gasteiger partial charge in [-0.15, -0.1) is 0 Å². The summed E-state index contributed by atoms with van der Waals surface area (Å²) in [6.45, 7) is 1.97. The van der Waals surface area contributed by atoms with Gasteiger partial charge in [-0.3, -0.25) is 4.79 Å². The topological polar surface area (TPSA) is 49.3 Å². The SMILES string of the molecule is C/C=C/[C@@H]1[C@H](C(=O)N[C@H](CO)Cc2ccccc2)[C@@H]2C=C[C@H]1C2. The summed E-state index contributed by atoms with van der Waals surface area (Å²) in [5.41, 5.74) is 1.13. The Bertz CT molecular complexity index is 593. The van der Waals surface area contributed by atoms with Crippen LogP contribution < -0.4 is 5.32 Å². The van der Waals surface area contributed by atoms with Crippen LogP contribution in [0.25, 0.3) is 0 Å². The number of fused-ring (bicyclic) bond motifs is 2. The monoisotopic (exact) mass is 311 g/mol. The van der Waals surface area contributed by atoms with Crippen LogP contribution in [0.4, 0.5) is 0 Å². The van der Waals surface area contributed by atoms with Crippen molar-refractivity contribution in [1.82, 2.24) is 5.32 Å². The molecular formula is C20H25NO2. The van der Waals surface area contributed by atoms with Crippen molar-refractivity contribution in [2.45, 2.75) is 25.8 Å². The summed E-state index contributed by atoms with van der Waals surface area (Å²) in [5.74, 6) is 1.22. The predicted octanol–water partition coefficient (Wildman–Crippen LogP) is 2.72. The number of allylic oxidation sites excluding steroid dienone is 4. The molecule has 2 N–H and O–H groups in total. The molecule has 1 fully saturated rings. The minimum Gasteiger partial charge on any atom is -0.394 e. The number of benzene rings is 1. The molecule has 122 valence electrons. The second-order valence-corrected chi connectivity index (χ2v) is 6.66. The number of aliphatic hydroxyl groups excluding tert-OH is 1. The highest BCUT2D eigenvalue weighted by atomic mass is 16.3. The van der Waals surface area contributed by atoms with Crippen LogP contribution in [0.2, 0.25) is 0 Å². The third-order valence-electron chi connectivity index (χ3n) is 5.13. The van der Waals surface area contributed by atoms with E-state index in [1.165, 1.54) is 0 Å². The lowest BCUT2D eigenvalue weighted by molar-refractivity contribution is -0.127. The van der Waals surface area contributed by atoms with Crippen LogP contribution in [0.15, 0.2) is 54.6 Å². The van der Waals surface area contributed by atoms with Crippen molar-refractivity contribution in [3.8, 4) is 0 Å². The van der Waals surface area contributed by atoms with Crippen LogP contribution in [0.1, 0.15) is 18.9 Å². The fourth-order valence-corrected chi connectivity index (χ4v) is 4.07. The molecule has 0 aromatic heterocycles. The molecule has 2 bridgehead atoms. The van der Waals surface area contributed by atoms with Crippen molar-refractivity contribution in [1.29, 1.82) is 0 Å². The Morgan fingerprint density at radius 1 is 1.30 bits per heavy atom. The Kier molecular flexibility index (Phi) is 4.97. The van der Waals surface area contributed by atoms with Gasteiger partial charge in [0, 0.05) is 0 Å². The summed E-state index contributed by atoms with van der Waals surface area (Å²) in [6, 6.07) is 9.76. The van der Waals surface area contributed by atoms with Crippen LogP contribution in [0.5, 0.6) is 0 Å². The highest BCUT2D eigenvalue weighted by molar-refractivity contribution is 5.81. The molecule has 0 heterocycles. The molecule has 0 unspecified atom stereocenters. The lowest BCUT2D eigenvalue weighted by Gasteiger charge is -2.27. The first-order valence-corrected chi connectivity index (χ1v) is 8.49. The molecule has 1 aromatic rings. The third kappa shape index (κ3) is 3.40. The summed E-state index contributed by atoms with van der Waals surface area (Å²) in [7, 11) is 0. The van der Waals surface area contributed by atoms with Crippen molar-refractivity contribution in [3.05, 3.63) is 60.2 Å². The zero-order valence-electron chi connectivity index (χ0n) is 13.6. The van der Waals surface area contributed by atoms with E-state index >= 15 is 0 Å². The van der Waals surface area contributed by atoms with Gasteiger partial charge in [0.25, 0.3) is 0 Å². The average Bonchev–Trinajstić information content (AvgIpc) is 3.17. The van der Waals surface area contributed by atoms with Crippen LogP contribution in [-0.4, -0.2) is 23.7 Å². The van der Waals surface area contributed by atoms with Gasteiger partial charge < -0.3 is 10.4 Å². The first kappa shape index (κ1) is 16.0. The standard InChI is InChI=1S/C20H25NO2/c1-2-6-18-15-9-10-16(12-15)19(18)20(23)21-17(13-22)11-14-7-4-3-5-8-14/h2-10,15-19,22H,11-13H2,1H3,(H,21,23)/b6-2+/t15-,16+,17-,18-,19+/m0/s1. The smallest absolute Gasteiger partial charge is 0.224 e. The summed E-state index contributed by atoms with van der Waals surface area (Å²) < 4.78 is 0. The second-order valence-electron chi connectivity index (χ2n) is 6.66. The van der Waals surface area contributed by atoms with Gasteiger partial charge in [-0.25, -0.2) is 0 Å². The molecule has 3 nitrogen and oxygen atoms in total. The molecule has 2 aliphatic carbocycles. The zero-order valence-corrected chi connectivity index (χ0v) is 13.6. The van der Waals surface area contributed by atoms with E-state index in [0.717, 1.165) is 12.0 Å². The van der Waals surface area contributed by atoms with E-state index in [4.69, 9.17) is 0 Å². The van der Waals surface area contributed by atoms with Gasteiger partial charge in [0.15, 0.2) is 0 Å². The van der Waals surface area contributed by atoms with Gasteiger partial charge in [0.05, 0.1) is 18.6 Å². The fraction of sp³-hybridized carbons (Fsp3) is 0.450. The molecule has 5 atom stereocenters. The Labute approximate surface area is 138 Å². The first-order valence-electron chi connectivity index (χ1n) is 8.49. The van der Waals surface area contributed by atoms with E-state index in [9.17, 15) is 9.90 Å². The Morgan fingerprint density at radius 3 is 2.74 bits per heavy atom. The van der Waals surface area contributed by atoms with Gasteiger partial charge in [0.2, 0.25) is 5.91 Å². The van der Waals surface area contributed by atoms with E-state index < -0.39 is 0 Å². The second kappa shape index (κ2) is 7.14. The van der Waals surface area contributed by atoms with E-state index in [-0.39, 0.29) is 24.5 Å². The number of hydrogen-bond donors (Lipinski definition) is 2. The maximum atomic E-state index is 12.8. The van der Waals surface area contributed by atoms with Crippen molar-refractivity contribution in [3.63, 3.8) is 0 Å². The van der Waals surface area contributed by atoms with Crippen molar-refractivity contribution in [2.75, 3.05) is 6.61 Å². The summed E-state index contributed by atoms with van der Waals surface area (Å²) >= 11 is 0. The third-order valence-corrected chi connectivity index (χ3v) is 5.13. The molecule has 1 saturated carbocycles. The van der Waals surface area contributed by atoms with Gasteiger partial charge in [0.1, 0.15) is 0 Å². The van der Waals surface area contributed by atoms with Crippen LogP contribution in [0.3, 0.4) is 0 Å². The van der Waals surface area contributed by atoms with Crippen LogP contribution in [0, 0.1) is 23.7 Å². The number of carbonyl (C=O) groups is 1. The largest absolute Gasteiger partial charge is 0.394 e. The number of aliphatic hydroxyl groups is 1. The molecule has 3 heteroatoms. The average molecular weight is 311 g/mol. The lowest BCUT2D eigenvalue weighted by Crippen LogP contribution is -2.45. The highest BCUT2D eigenvalue weighted by Crippen LogP contribution is 2.48. The molecule has 2 aliphatic rings. The summed E-state index contributed by atoms with van der Waals surface area (Å²) in [4.78, 5) is 12.8. The molecule has 0 radical (unpaired) electrons. The van der Waals surface area contributed by atoms with Crippen LogP contribution >= 0.6 is 0 Å². The molecule has 3 rings (SSSR count). The minimum atomic E-state index is -0.223. The van der Waals surface area contributed by atoms with Crippen molar-refractivity contribution < 1.29 is 9.90 Å².